The van der Waals surface area contributed by atoms with Crippen LogP contribution in [0.4, 0.5) is 5.82 Å². The fourth-order valence-corrected chi connectivity index (χ4v) is 5.12. The molecule has 0 saturated carbocycles. The first-order valence-electron chi connectivity index (χ1n) is 12.8. The van der Waals surface area contributed by atoms with Crippen LogP contribution < -0.4 is 10.1 Å². The van der Waals surface area contributed by atoms with Gasteiger partial charge in [0.1, 0.15) is 17.2 Å². The van der Waals surface area contributed by atoms with Crippen LogP contribution in [0.25, 0.3) is 11.2 Å². The number of anilines is 1. The molecular formula is C30H42N4O2. The minimum Gasteiger partial charge on any atom is -0.512 e. The summed E-state index contributed by atoms with van der Waals surface area (Å²) in [5.41, 5.74) is 4.72. The van der Waals surface area contributed by atoms with E-state index in [1.165, 1.54) is 5.56 Å². The first kappa shape index (κ1) is 27.3. The lowest BCUT2D eigenvalue weighted by molar-refractivity contribution is 0.301. The molecule has 2 heterocycles. The molecule has 6 heteroatoms. The number of aryl methyl sites for hydroxylation is 2. The quantitative estimate of drug-likeness (QED) is 0.203. The summed E-state index contributed by atoms with van der Waals surface area (Å²) in [4.78, 5) is 5.02. The van der Waals surface area contributed by atoms with Crippen molar-refractivity contribution in [2.75, 3.05) is 11.9 Å². The number of allylic oxidation sites excluding steroid dienone is 2. The zero-order chi connectivity index (χ0) is 26.7. The second kappa shape index (κ2) is 10.8. The van der Waals surface area contributed by atoms with Crippen LogP contribution in [0.3, 0.4) is 0 Å². The van der Waals surface area contributed by atoms with Gasteiger partial charge in [-0.05, 0) is 94.7 Å². The highest BCUT2D eigenvalue weighted by Crippen LogP contribution is 2.32. The normalized spacial score (nSPS) is 13.0. The number of nitrogens with one attached hydrogen (secondary N) is 2. The van der Waals surface area contributed by atoms with Crippen molar-refractivity contribution >= 4 is 22.7 Å². The van der Waals surface area contributed by atoms with Crippen LogP contribution in [0.5, 0.6) is 5.75 Å². The molecule has 0 aliphatic heterocycles. The number of ether oxygens (including phenoxy) is 1. The number of fused-ring (bicyclic) bond motifs is 1. The first-order valence-corrected chi connectivity index (χ1v) is 12.8. The van der Waals surface area contributed by atoms with Gasteiger partial charge in [0.2, 0.25) is 0 Å². The largest absolute Gasteiger partial charge is 0.512 e. The lowest BCUT2D eigenvalue weighted by Gasteiger charge is -2.34. The van der Waals surface area contributed by atoms with E-state index in [4.69, 9.17) is 15.1 Å². The van der Waals surface area contributed by atoms with Crippen molar-refractivity contribution in [3.8, 4) is 5.75 Å². The topological polar surface area (TPSA) is 82.6 Å². The average Bonchev–Trinajstić information content (AvgIpc) is 3.07. The van der Waals surface area contributed by atoms with Gasteiger partial charge in [0, 0.05) is 23.0 Å². The fourth-order valence-electron chi connectivity index (χ4n) is 5.12. The molecule has 3 rings (SSSR count). The Balaban J connectivity index is 2.01. The van der Waals surface area contributed by atoms with Gasteiger partial charge in [-0.3, -0.25) is 4.40 Å². The van der Waals surface area contributed by atoms with Crippen molar-refractivity contribution in [3.05, 3.63) is 65.2 Å². The predicted octanol–water partition coefficient (Wildman–Crippen LogP) is 7.47. The summed E-state index contributed by atoms with van der Waals surface area (Å²) in [6.07, 6.45) is 4.62. The standard InChI is InChI=1S/C30H42N4O2/c1-9-36-24-13-10-22(11-14-24)12-15-25-28(33-30(7,8)19-29(4,5)6)34-17-16-23(18-26(34)32-25)27(20(2)31)21(3)35/h10-11,13-14,16-18,31,33,35H,9,12,15,19H2,1-8H3/b27-21+,31-20?. The van der Waals surface area contributed by atoms with Crippen LogP contribution in [0.15, 0.2) is 48.4 Å². The molecule has 1 aromatic carbocycles. The second-order valence-electron chi connectivity index (χ2n) is 11.5. The van der Waals surface area contributed by atoms with Gasteiger partial charge in [0.15, 0.2) is 0 Å². The highest BCUT2D eigenvalue weighted by molar-refractivity contribution is 6.21. The lowest BCUT2D eigenvalue weighted by atomic mass is 9.82. The third kappa shape index (κ3) is 6.90. The van der Waals surface area contributed by atoms with Crippen molar-refractivity contribution in [1.29, 1.82) is 5.41 Å². The zero-order valence-corrected chi connectivity index (χ0v) is 23.1. The molecule has 0 aliphatic rings. The van der Waals surface area contributed by atoms with Gasteiger partial charge in [-0.15, -0.1) is 0 Å². The Morgan fingerprint density at radius 1 is 1.06 bits per heavy atom. The lowest BCUT2D eigenvalue weighted by Crippen LogP contribution is -2.36. The maximum atomic E-state index is 10.2. The van der Waals surface area contributed by atoms with Crippen LogP contribution in [0, 0.1) is 10.8 Å². The van der Waals surface area contributed by atoms with Gasteiger partial charge in [0.05, 0.1) is 18.1 Å². The number of hydrogen-bond acceptors (Lipinski definition) is 5. The molecule has 194 valence electrons. The number of aliphatic hydroxyl groups is 1. The van der Waals surface area contributed by atoms with Crippen LogP contribution in [-0.2, 0) is 12.8 Å². The van der Waals surface area contributed by atoms with E-state index in [2.05, 4.69) is 56.5 Å². The van der Waals surface area contributed by atoms with Crippen LogP contribution in [-0.4, -0.2) is 32.3 Å². The molecule has 0 unspecified atom stereocenters. The predicted molar refractivity (Wildman–Crippen MR) is 151 cm³/mol. The third-order valence-corrected chi connectivity index (χ3v) is 6.04. The summed E-state index contributed by atoms with van der Waals surface area (Å²) in [6.45, 7) is 17.2. The molecule has 3 aromatic rings. The fraction of sp³-hybridized carbons (Fsp3) is 0.467. The van der Waals surface area contributed by atoms with E-state index in [1.54, 1.807) is 13.8 Å². The van der Waals surface area contributed by atoms with Crippen molar-refractivity contribution in [2.45, 2.75) is 80.2 Å². The van der Waals surface area contributed by atoms with Crippen molar-refractivity contribution in [1.82, 2.24) is 9.38 Å². The second-order valence-corrected chi connectivity index (χ2v) is 11.5. The highest BCUT2D eigenvalue weighted by Gasteiger charge is 2.28. The van der Waals surface area contributed by atoms with Crippen molar-refractivity contribution < 1.29 is 9.84 Å². The Morgan fingerprint density at radius 3 is 2.28 bits per heavy atom. The van der Waals surface area contributed by atoms with Crippen LogP contribution in [0.2, 0.25) is 0 Å². The molecule has 2 aromatic heterocycles. The van der Waals surface area contributed by atoms with Gasteiger partial charge < -0.3 is 20.6 Å². The average molecular weight is 491 g/mol. The molecule has 0 atom stereocenters. The summed E-state index contributed by atoms with van der Waals surface area (Å²) in [5, 5.41) is 22.1. The molecule has 0 fully saturated rings. The van der Waals surface area contributed by atoms with Gasteiger partial charge in [-0.25, -0.2) is 4.98 Å². The number of rotatable bonds is 10. The Bertz CT molecular complexity index is 1240. The van der Waals surface area contributed by atoms with E-state index in [0.29, 0.717) is 17.9 Å². The monoisotopic (exact) mass is 490 g/mol. The maximum Gasteiger partial charge on any atom is 0.139 e. The van der Waals surface area contributed by atoms with Crippen LogP contribution in [0.1, 0.15) is 78.6 Å². The summed E-state index contributed by atoms with van der Waals surface area (Å²) >= 11 is 0. The van der Waals surface area contributed by atoms with Gasteiger partial charge in [-0.2, -0.15) is 0 Å². The van der Waals surface area contributed by atoms with Gasteiger partial charge in [0.25, 0.3) is 0 Å². The highest BCUT2D eigenvalue weighted by atomic mass is 16.5. The van der Waals surface area contributed by atoms with E-state index in [9.17, 15) is 5.11 Å². The minimum atomic E-state index is -0.140. The van der Waals surface area contributed by atoms with E-state index in [-0.39, 0.29) is 16.7 Å². The molecule has 3 N–H and O–H groups in total. The SMILES string of the molecule is CCOc1ccc(CCc2nc3cc(/C(C(C)=N)=C(\C)O)ccn3c2NC(C)(C)CC(C)(C)C)cc1. The molecule has 0 spiro atoms. The van der Waals surface area contributed by atoms with Crippen molar-refractivity contribution in [2.24, 2.45) is 5.41 Å². The third-order valence-electron chi connectivity index (χ3n) is 6.04. The number of aromatic nitrogens is 2. The molecule has 0 aliphatic carbocycles. The molecule has 0 bridgehead atoms. The number of nitrogens with zero attached hydrogens (tertiary/aromatic N) is 2. The minimum absolute atomic E-state index is 0.138. The smallest absolute Gasteiger partial charge is 0.139 e. The maximum absolute atomic E-state index is 10.2. The molecule has 6 nitrogen and oxygen atoms in total. The number of hydrogen-bond donors (Lipinski definition) is 3. The first-order chi connectivity index (χ1) is 16.8. The zero-order valence-electron chi connectivity index (χ0n) is 23.1. The van der Waals surface area contributed by atoms with Crippen LogP contribution >= 0.6 is 0 Å². The number of imidazole rings is 1. The summed E-state index contributed by atoms with van der Waals surface area (Å²) < 4.78 is 7.67. The van der Waals surface area contributed by atoms with E-state index < -0.39 is 0 Å². The summed E-state index contributed by atoms with van der Waals surface area (Å²) in [6, 6.07) is 12.2. The molecule has 36 heavy (non-hydrogen) atoms. The molecule has 0 saturated heterocycles. The summed E-state index contributed by atoms with van der Waals surface area (Å²) in [7, 11) is 0. The number of aliphatic hydroxyl groups excluding tert-OH is 1. The van der Waals surface area contributed by atoms with Crippen molar-refractivity contribution in [3.63, 3.8) is 0 Å². The Labute approximate surface area is 215 Å². The van der Waals surface area contributed by atoms with Gasteiger partial charge >= 0.3 is 0 Å². The molecule has 0 amide bonds. The Kier molecular flexibility index (Phi) is 8.17. The molecule has 0 radical (unpaired) electrons. The van der Waals surface area contributed by atoms with E-state index in [1.807, 2.05) is 37.4 Å². The number of benzene rings is 1. The molecular weight excluding hydrogens is 448 g/mol. The van der Waals surface area contributed by atoms with E-state index in [0.717, 1.165) is 47.7 Å². The van der Waals surface area contributed by atoms with Gasteiger partial charge in [-0.1, -0.05) is 32.9 Å². The van der Waals surface area contributed by atoms with E-state index >= 15 is 0 Å². The Hall–Kier alpha value is -3.28. The number of pyridine rings is 1. The Morgan fingerprint density at radius 2 is 1.72 bits per heavy atom. The summed E-state index contributed by atoms with van der Waals surface area (Å²) in [5.74, 6) is 2.02.